The summed E-state index contributed by atoms with van der Waals surface area (Å²) in [5.41, 5.74) is 2.78. The number of methoxy groups -OCH3 is 1. The molecule has 0 bridgehead atoms. The van der Waals surface area contributed by atoms with Crippen LogP contribution in [0.2, 0.25) is 0 Å². The van der Waals surface area contributed by atoms with Crippen molar-refractivity contribution in [2.24, 2.45) is 0 Å². The van der Waals surface area contributed by atoms with Crippen molar-refractivity contribution in [3.05, 3.63) is 42.5 Å². The van der Waals surface area contributed by atoms with Crippen LogP contribution in [-0.4, -0.2) is 18.0 Å². The van der Waals surface area contributed by atoms with E-state index in [9.17, 15) is 4.79 Å². The number of hydrogen-bond acceptors (Lipinski definition) is 4. The van der Waals surface area contributed by atoms with Crippen molar-refractivity contribution in [1.82, 2.24) is 4.98 Å². The molecule has 3 rings (SSSR count). The fourth-order valence-electron chi connectivity index (χ4n) is 2.05. The Morgan fingerprint density at radius 1 is 1.19 bits per heavy atom. The smallest absolute Gasteiger partial charge is 0.221 e. The number of anilines is 1. The van der Waals surface area contributed by atoms with Gasteiger partial charge in [-0.3, -0.25) is 4.79 Å². The van der Waals surface area contributed by atoms with E-state index in [2.05, 4.69) is 10.3 Å². The first-order chi connectivity index (χ1) is 10.2. The Hall–Kier alpha value is -2.40. The number of nitrogens with zero attached hydrogens (tertiary/aromatic N) is 1. The van der Waals surface area contributed by atoms with Crippen molar-refractivity contribution < 1.29 is 9.53 Å². The zero-order chi connectivity index (χ0) is 14.8. The van der Waals surface area contributed by atoms with Gasteiger partial charge in [-0.15, -0.1) is 11.3 Å². The zero-order valence-electron chi connectivity index (χ0n) is 11.7. The molecule has 1 heterocycles. The number of nitrogens with one attached hydrogen (secondary N) is 1. The predicted molar refractivity (Wildman–Crippen MR) is 85.9 cm³/mol. The maximum absolute atomic E-state index is 11.0. The van der Waals surface area contributed by atoms with Crippen LogP contribution in [0.1, 0.15) is 6.92 Å². The van der Waals surface area contributed by atoms with Crippen LogP contribution in [0.3, 0.4) is 0 Å². The van der Waals surface area contributed by atoms with Gasteiger partial charge in [-0.1, -0.05) is 0 Å². The molecule has 21 heavy (non-hydrogen) atoms. The molecule has 106 valence electrons. The molecular weight excluding hydrogens is 284 g/mol. The van der Waals surface area contributed by atoms with E-state index in [1.54, 1.807) is 18.4 Å². The minimum absolute atomic E-state index is 0.0742. The zero-order valence-corrected chi connectivity index (χ0v) is 12.5. The summed E-state index contributed by atoms with van der Waals surface area (Å²) in [5, 5.41) is 3.70. The van der Waals surface area contributed by atoms with Gasteiger partial charge in [-0.2, -0.15) is 0 Å². The Balaban J connectivity index is 1.94. The summed E-state index contributed by atoms with van der Waals surface area (Å²) in [6.45, 7) is 1.49. The van der Waals surface area contributed by atoms with Crippen molar-refractivity contribution in [3.63, 3.8) is 0 Å². The van der Waals surface area contributed by atoms with Gasteiger partial charge in [-0.25, -0.2) is 4.98 Å². The van der Waals surface area contributed by atoms with Crippen LogP contribution in [0.15, 0.2) is 42.5 Å². The number of amides is 1. The molecule has 0 saturated carbocycles. The molecule has 0 fully saturated rings. The van der Waals surface area contributed by atoms with Gasteiger partial charge in [0.1, 0.15) is 10.8 Å². The third-order valence-electron chi connectivity index (χ3n) is 3.05. The van der Waals surface area contributed by atoms with Crippen LogP contribution >= 0.6 is 11.3 Å². The molecule has 3 aromatic rings. The van der Waals surface area contributed by atoms with E-state index >= 15 is 0 Å². The molecule has 0 radical (unpaired) electrons. The number of hydrogen-bond donors (Lipinski definition) is 1. The molecule has 1 amide bonds. The summed E-state index contributed by atoms with van der Waals surface area (Å²) in [6.07, 6.45) is 0. The molecule has 0 spiro atoms. The van der Waals surface area contributed by atoms with E-state index < -0.39 is 0 Å². The largest absolute Gasteiger partial charge is 0.497 e. The lowest BCUT2D eigenvalue weighted by atomic mass is 10.2. The summed E-state index contributed by atoms with van der Waals surface area (Å²) >= 11 is 1.62. The van der Waals surface area contributed by atoms with E-state index in [1.165, 1.54) is 6.92 Å². The Morgan fingerprint density at radius 3 is 2.62 bits per heavy atom. The van der Waals surface area contributed by atoms with Crippen molar-refractivity contribution in [1.29, 1.82) is 0 Å². The fourth-order valence-corrected chi connectivity index (χ4v) is 3.05. The van der Waals surface area contributed by atoms with Crippen LogP contribution in [0, 0.1) is 0 Å². The van der Waals surface area contributed by atoms with Crippen LogP contribution in [-0.2, 0) is 4.79 Å². The highest BCUT2D eigenvalue weighted by atomic mass is 32.1. The highest BCUT2D eigenvalue weighted by Gasteiger charge is 2.07. The minimum Gasteiger partial charge on any atom is -0.497 e. The van der Waals surface area contributed by atoms with Gasteiger partial charge in [0, 0.05) is 18.2 Å². The predicted octanol–water partition coefficient (Wildman–Crippen LogP) is 3.93. The topological polar surface area (TPSA) is 51.2 Å². The molecule has 2 aromatic carbocycles. The highest BCUT2D eigenvalue weighted by Crippen LogP contribution is 2.32. The molecule has 0 atom stereocenters. The molecule has 0 saturated heterocycles. The van der Waals surface area contributed by atoms with Crippen molar-refractivity contribution in [3.8, 4) is 16.3 Å². The standard InChI is InChI=1S/C16H14N2O2S/c1-10(19)17-12-5-3-11(4-6-12)16-18-14-8-7-13(20-2)9-15(14)21-16/h3-9H,1-2H3,(H,17,19). The van der Waals surface area contributed by atoms with Crippen LogP contribution in [0.5, 0.6) is 5.75 Å². The number of thiazole rings is 1. The van der Waals surface area contributed by atoms with E-state index in [1.807, 2.05) is 42.5 Å². The number of ether oxygens (including phenoxy) is 1. The third-order valence-corrected chi connectivity index (χ3v) is 4.12. The van der Waals surface area contributed by atoms with Gasteiger partial charge in [0.2, 0.25) is 5.91 Å². The summed E-state index contributed by atoms with van der Waals surface area (Å²) in [4.78, 5) is 15.6. The number of aromatic nitrogens is 1. The second-order valence-corrected chi connectivity index (χ2v) is 5.64. The van der Waals surface area contributed by atoms with E-state index in [0.29, 0.717) is 0 Å². The molecule has 5 heteroatoms. The van der Waals surface area contributed by atoms with Gasteiger partial charge < -0.3 is 10.1 Å². The lowest BCUT2D eigenvalue weighted by molar-refractivity contribution is -0.114. The van der Waals surface area contributed by atoms with Gasteiger partial charge >= 0.3 is 0 Å². The molecule has 1 aromatic heterocycles. The van der Waals surface area contributed by atoms with Crippen molar-refractivity contribution >= 4 is 33.1 Å². The average Bonchev–Trinajstić information content (AvgIpc) is 2.90. The Bertz CT molecular complexity index is 794. The molecule has 0 aliphatic heterocycles. The fraction of sp³-hybridized carbons (Fsp3) is 0.125. The second kappa shape index (κ2) is 5.54. The normalized spacial score (nSPS) is 10.6. The number of fused-ring (bicyclic) bond motifs is 1. The third kappa shape index (κ3) is 2.87. The minimum atomic E-state index is -0.0742. The summed E-state index contributed by atoms with van der Waals surface area (Å²) < 4.78 is 6.32. The SMILES string of the molecule is COc1ccc2nc(-c3ccc(NC(C)=O)cc3)sc2c1. The number of carbonyl (C=O) groups excluding carboxylic acids is 1. The molecule has 4 nitrogen and oxygen atoms in total. The van der Waals surface area contributed by atoms with Crippen LogP contribution < -0.4 is 10.1 Å². The summed E-state index contributed by atoms with van der Waals surface area (Å²) in [6, 6.07) is 13.5. The van der Waals surface area contributed by atoms with E-state index in [4.69, 9.17) is 4.74 Å². The number of rotatable bonds is 3. The van der Waals surface area contributed by atoms with Crippen LogP contribution in [0.4, 0.5) is 5.69 Å². The van der Waals surface area contributed by atoms with Gasteiger partial charge in [0.05, 0.1) is 17.3 Å². The molecular formula is C16H14N2O2S. The summed E-state index contributed by atoms with van der Waals surface area (Å²) in [7, 11) is 1.66. The summed E-state index contributed by atoms with van der Waals surface area (Å²) in [5.74, 6) is 0.758. The monoisotopic (exact) mass is 298 g/mol. The Kier molecular flexibility index (Phi) is 3.58. The Labute approximate surface area is 126 Å². The van der Waals surface area contributed by atoms with Crippen LogP contribution in [0.25, 0.3) is 20.8 Å². The average molecular weight is 298 g/mol. The first kappa shape index (κ1) is 13.6. The number of benzene rings is 2. The van der Waals surface area contributed by atoms with Gasteiger partial charge in [0.25, 0.3) is 0 Å². The first-order valence-corrected chi connectivity index (χ1v) is 7.30. The highest BCUT2D eigenvalue weighted by molar-refractivity contribution is 7.21. The maximum atomic E-state index is 11.0. The van der Waals surface area contributed by atoms with E-state index in [0.717, 1.165) is 32.2 Å². The lowest BCUT2D eigenvalue weighted by Crippen LogP contribution is -2.05. The van der Waals surface area contributed by atoms with Gasteiger partial charge in [0.15, 0.2) is 0 Å². The Morgan fingerprint density at radius 2 is 1.95 bits per heavy atom. The molecule has 0 unspecified atom stereocenters. The van der Waals surface area contributed by atoms with Crippen molar-refractivity contribution in [2.75, 3.05) is 12.4 Å². The quantitative estimate of drug-likeness (QED) is 0.797. The van der Waals surface area contributed by atoms with Crippen molar-refractivity contribution in [2.45, 2.75) is 6.92 Å². The van der Waals surface area contributed by atoms with E-state index in [-0.39, 0.29) is 5.91 Å². The van der Waals surface area contributed by atoms with Gasteiger partial charge in [-0.05, 0) is 42.5 Å². The number of carbonyl (C=O) groups is 1. The lowest BCUT2D eigenvalue weighted by Gasteiger charge is -2.02. The molecule has 1 N–H and O–H groups in total. The maximum Gasteiger partial charge on any atom is 0.221 e. The first-order valence-electron chi connectivity index (χ1n) is 6.48. The molecule has 0 aliphatic rings. The molecule has 0 aliphatic carbocycles. The second-order valence-electron chi connectivity index (χ2n) is 4.61.